The van der Waals surface area contributed by atoms with Crippen LogP contribution in [0.4, 0.5) is 8.78 Å². The summed E-state index contributed by atoms with van der Waals surface area (Å²) in [5.74, 6) is -1.92. The molecule has 1 atom stereocenters. The van der Waals surface area contributed by atoms with Crippen LogP contribution in [0.25, 0.3) is 0 Å². The van der Waals surface area contributed by atoms with Gasteiger partial charge in [-0.15, -0.1) is 0 Å². The van der Waals surface area contributed by atoms with Gasteiger partial charge in [-0.2, -0.15) is 0 Å². The lowest BCUT2D eigenvalue weighted by atomic mass is 10.1. The molecule has 0 spiro atoms. The molecular weight excluding hydrogens is 238 g/mol. The Morgan fingerprint density at radius 1 is 1.33 bits per heavy atom. The highest BCUT2D eigenvalue weighted by Gasteiger charge is 2.14. The van der Waals surface area contributed by atoms with Gasteiger partial charge in [-0.05, 0) is 37.9 Å². The molecule has 18 heavy (non-hydrogen) atoms. The zero-order chi connectivity index (χ0) is 13.0. The molecule has 0 bridgehead atoms. The van der Waals surface area contributed by atoms with Crippen molar-refractivity contribution in [2.24, 2.45) is 0 Å². The van der Waals surface area contributed by atoms with E-state index < -0.39 is 17.5 Å². The molecular formula is C13H16F2N2O. The van der Waals surface area contributed by atoms with Gasteiger partial charge >= 0.3 is 0 Å². The molecule has 1 aliphatic rings. The Bertz CT molecular complexity index is 411. The fourth-order valence-electron chi connectivity index (χ4n) is 2.15. The maximum atomic E-state index is 12.9. The number of hydrogen-bond acceptors (Lipinski definition) is 2. The second-order valence-corrected chi connectivity index (χ2v) is 4.50. The van der Waals surface area contributed by atoms with Crippen molar-refractivity contribution in [2.45, 2.75) is 25.3 Å². The first-order valence-corrected chi connectivity index (χ1v) is 6.13. The topological polar surface area (TPSA) is 41.1 Å². The zero-order valence-electron chi connectivity index (χ0n) is 10.0. The second-order valence-electron chi connectivity index (χ2n) is 4.50. The quantitative estimate of drug-likeness (QED) is 0.860. The van der Waals surface area contributed by atoms with E-state index >= 15 is 0 Å². The van der Waals surface area contributed by atoms with E-state index in [0.29, 0.717) is 12.6 Å². The first kappa shape index (κ1) is 13.0. The van der Waals surface area contributed by atoms with Gasteiger partial charge in [0.05, 0.1) is 0 Å². The van der Waals surface area contributed by atoms with Crippen molar-refractivity contribution < 1.29 is 13.6 Å². The third kappa shape index (κ3) is 3.50. The highest BCUT2D eigenvalue weighted by Crippen LogP contribution is 2.09. The Balaban J connectivity index is 1.83. The average Bonchev–Trinajstić information content (AvgIpc) is 2.80. The summed E-state index contributed by atoms with van der Waals surface area (Å²) < 4.78 is 25.9. The van der Waals surface area contributed by atoms with Crippen LogP contribution in [0, 0.1) is 11.6 Å². The van der Waals surface area contributed by atoms with Gasteiger partial charge in [0.25, 0.3) is 5.91 Å². The zero-order valence-corrected chi connectivity index (χ0v) is 10.0. The number of carbonyl (C=O) groups is 1. The van der Waals surface area contributed by atoms with Crippen molar-refractivity contribution in [1.82, 2.24) is 10.6 Å². The van der Waals surface area contributed by atoms with Crippen molar-refractivity contribution in [3.8, 4) is 0 Å². The number of halogens is 2. The smallest absolute Gasteiger partial charge is 0.251 e. The molecule has 1 aromatic carbocycles. The molecule has 0 aliphatic carbocycles. The molecule has 0 saturated carbocycles. The molecule has 1 fully saturated rings. The van der Waals surface area contributed by atoms with Gasteiger partial charge in [-0.25, -0.2) is 8.78 Å². The largest absolute Gasteiger partial charge is 0.352 e. The minimum atomic E-state index is -0.738. The van der Waals surface area contributed by atoms with Gasteiger partial charge in [0.2, 0.25) is 0 Å². The third-order valence-corrected chi connectivity index (χ3v) is 3.07. The lowest BCUT2D eigenvalue weighted by molar-refractivity contribution is 0.0951. The van der Waals surface area contributed by atoms with E-state index in [1.165, 1.54) is 0 Å². The van der Waals surface area contributed by atoms with Crippen LogP contribution in [0.5, 0.6) is 0 Å². The molecule has 2 N–H and O–H groups in total. The Morgan fingerprint density at radius 2 is 2.06 bits per heavy atom. The first-order valence-electron chi connectivity index (χ1n) is 6.13. The van der Waals surface area contributed by atoms with Gasteiger partial charge in [0, 0.05) is 24.2 Å². The predicted molar refractivity (Wildman–Crippen MR) is 64.3 cm³/mol. The fraction of sp³-hybridized carbons (Fsp3) is 0.462. The summed E-state index contributed by atoms with van der Waals surface area (Å²) in [7, 11) is 0. The van der Waals surface area contributed by atoms with Crippen LogP contribution in [0.15, 0.2) is 18.2 Å². The van der Waals surface area contributed by atoms with E-state index in [1.807, 2.05) is 0 Å². The SMILES string of the molecule is O=C(NCC[C@H]1CCCN1)c1cc(F)cc(F)c1. The van der Waals surface area contributed by atoms with E-state index in [0.717, 1.165) is 44.0 Å². The average molecular weight is 254 g/mol. The van der Waals surface area contributed by atoms with E-state index in [1.54, 1.807) is 0 Å². The minimum Gasteiger partial charge on any atom is -0.352 e. The van der Waals surface area contributed by atoms with Gasteiger partial charge in [0.15, 0.2) is 0 Å². The molecule has 1 aliphatic heterocycles. The van der Waals surface area contributed by atoms with E-state index in [-0.39, 0.29) is 5.56 Å². The number of amides is 1. The Morgan fingerprint density at radius 3 is 2.67 bits per heavy atom. The summed E-state index contributed by atoms with van der Waals surface area (Å²) in [4.78, 5) is 11.7. The van der Waals surface area contributed by atoms with Crippen LogP contribution < -0.4 is 10.6 Å². The molecule has 98 valence electrons. The summed E-state index contributed by atoms with van der Waals surface area (Å²) in [5, 5.41) is 5.99. The molecule has 1 amide bonds. The summed E-state index contributed by atoms with van der Waals surface area (Å²) in [6.45, 7) is 1.53. The number of carbonyl (C=O) groups excluding carboxylic acids is 1. The van der Waals surface area contributed by atoms with E-state index in [4.69, 9.17) is 0 Å². The van der Waals surface area contributed by atoms with Gasteiger partial charge in [-0.3, -0.25) is 4.79 Å². The lowest BCUT2D eigenvalue weighted by Gasteiger charge is -2.10. The van der Waals surface area contributed by atoms with Crippen LogP contribution in [-0.4, -0.2) is 25.0 Å². The Kier molecular flexibility index (Phi) is 4.25. The van der Waals surface area contributed by atoms with Crippen molar-refractivity contribution in [1.29, 1.82) is 0 Å². The molecule has 1 saturated heterocycles. The monoisotopic (exact) mass is 254 g/mol. The van der Waals surface area contributed by atoms with Crippen LogP contribution in [0.2, 0.25) is 0 Å². The van der Waals surface area contributed by atoms with Crippen LogP contribution in [0.3, 0.4) is 0 Å². The second kappa shape index (κ2) is 5.91. The highest BCUT2D eigenvalue weighted by molar-refractivity contribution is 5.94. The lowest BCUT2D eigenvalue weighted by Crippen LogP contribution is -2.30. The van der Waals surface area contributed by atoms with Crippen molar-refractivity contribution in [3.05, 3.63) is 35.4 Å². The standard InChI is InChI=1S/C13H16F2N2O/c14-10-6-9(7-11(15)8-10)13(18)17-5-3-12-2-1-4-16-12/h6-8,12,16H,1-5H2,(H,17,18)/t12-/m1/s1. The molecule has 0 radical (unpaired) electrons. The minimum absolute atomic E-state index is 0.0203. The van der Waals surface area contributed by atoms with Crippen LogP contribution in [-0.2, 0) is 0 Å². The number of nitrogens with one attached hydrogen (secondary N) is 2. The van der Waals surface area contributed by atoms with Gasteiger partial charge in [0.1, 0.15) is 11.6 Å². The fourth-order valence-corrected chi connectivity index (χ4v) is 2.15. The molecule has 3 nitrogen and oxygen atoms in total. The predicted octanol–water partition coefficient (Wildman–Crippen LogP) is 1.84. The molecule has 0 unspecified atom stereocenters. The summed E-state index contributed by atoms with van der Waals surface area (Å²) in [5.41, 5.74) is 0.0203. The van der Waals surface area contributed by atoms with Crippen molar-refractivity contribution >= 4 is 5.91 Å². The van der Waals surface area contributed by atoms with Crippen molar-refractivity contribution in [3.63, 3.8) is 0 Å². The summed E-state index contributed by atoms with van der Waals surface area (Å²) >= 11 is 0. The highest BCUT2D eigenvalue weighted by atomic mass is 19.1. The van der Waals surface area contributed by atoms with Gasteiger partial charge in [-0.1, -0.05) is 0 Å². The van der Waals surface area contributed by atoms with Crippen LogP contribution >= 0.6 is 0 Å². The molecule has 5 heteroatoms. The number of hydrogen-bond donors (Lipinski definition) is 2. The molecule has 1 aromatic rings. The molecule has 2 rings (SSSR count). The van der Waals surface area contributed by atoms with E-state index in [9.17, 15) is 13.6 Å². The van der Waals surface area contributed by atoms with Crippen LogP contribution in [0.1, 0.15) is 29.6 Å². The van der Waals surface area contributed by atoms with Gasteiger partial charge < -0.3 is 10.6 Å². The molecule has 0 aromatic heterocycles. The maximum absolute atomic E-state index is 12.9. The Hall–Kier alpha value is -1.49. The van der Waals surface area contributed by atoms with Crippen molar-refractivity contribution in [2.75, 3.05) is 13.1 Å². The summed E-state index contributed by atoms with van der Waals surface area (Å²) in [6.07, 6.45) is 3.11. The number of rotatable bonds is 4. The summed E-state index contributed by atoms with van der Waals surface area (Å²) in [6, 6.07) is 3.26. The Labute approximate surface area is 105 Å². The normalized spacial score (nSPS) is 18.9. The molecule has 1 heterocycles. The third-order valence-electron chi connectivity index (χ3n) is 3.07. The first-order chi connectivity index (χ1) is 8.65. The van der Waals surface area contributed by atoms with E-state index in [2.05, 4.69) is 10.6 Å². The maximum Gasteiger partial charge on any atom is 0.251 e. The number of benzene rings is 1.